The molecule has 0 aliphatic carbocycles. The van der Waals surface area contributed by atoms with Gasteiger partial charge in [0.15, 0.2) is 0 Å². The van der Waals surface area contributed by atoms with E-state index in [2.05, 4.69) is 4.84 Å². The molecule has 0 radical (unpaired) electrons. The van der Waals surface area contributed by atoms with Crippen LogP contribution in [0.25, 0.3) is 0 Å². The lowest BCUT2D eigenvalue weighted by atomic mass is 10.7. The summed E-state index contributed by atoms with van der Waals surface area (Å²) in [6.07, 6.45) is -4.84. The van der Waals surface area contributed by atoms with Crippen LogP contribution in [-0.2, 0) is 9.63 Å². The molecule has 0 saturated carbocycles. The average Bonchev–Trinajstić information content (AvgIpc) is 1.59. The molecule has 0 heterocycles. The Kier molecular flexibility index (Phi) is 3.10. The summed E-state index contributed by atoms with van der Waals surface area (Å²) >= 11 is 0. The number of carboxylic acid groups (broad SMARTS) is 1. The van der Waals surface area contributed by atoms with E-state index in [9.17, 15) is 18.0 Å². The van der Waals surface area contributed by atoms with Crippen molar-refractivity contribution in [3.8, 4) is 0 Å². The van der Waals surface area contributed by atoms with Gasteiger partial charge in [-0.05, 0) is 0 Å². The standard InChI is InChI=1S/C3H4F3NO3/c4-3(5,6)10-7-1-2(8)9/h7H,1H2,(H,8,9). The van der Waals surface area contributed by atoms with Crippen molar-refractivity contribution in [2.75, 3.05) is 6.54 Å². The van der Waals surface area contributed by atoms with Gasteiger partial charge < -0.3 is 5.11 Å². The van der Waals surface area contributed by atoms with Gasteiger partial charge in [0.1, 0.15) is 6.54 Å². The number of carbonyl (C=O) groups is 1. The Labute approximate surface area is 53.5 Å². The van der Waals surface area contributed by atoms with Gasteiger partial charge in [-0.15, -0.1) is 13.2 Å². The summed E-state index contributed by atoms with van der Waals surface area (Å²) in [7, 11) is 0. The van der Waals surface area contributed by atoms with Gasteiger partial charge >= 0.3 is 12.3 Å². The van der Waals surface area contributed by atoms with Crippen molar-refractivity contribution >= 4 is 5.97 Å². The Bertz CT molecular complexity index is 123. The molecule has 2 N–H and O–H groups in total. The number of hydrogen-bond donors (Lipinski definition) is 2. The first-order chi connectivity index (χ1) is 4.42. The maximum atomic E-state index is 11.0. The fourth-order valence-corrected chi connectivity index (χ4v) is 0.180. The Morgan fingerprint density at radius 1 is 1.60 bits per heavy atom. The molecule has 0 bridgehead atoms. The third kappa shape index (κ3) is 7.18. The summed E-state index contributed by atoms with van der Waals surface area (Å²) in [5.74, 6) is -1.43. The predicted octanol–water partition coefficient (Wildman–Crippen LogP) is 0.112. The van der Waals surface area contributed by atoms with Gasteiger partial charge in [-0.25, -0.2) is 4.84 Å². The molecule has 0 aromatic carbocycles. The van der Waals surface area contributed by atoms with Gasteiger partial charge in [0.25, 0.3) is 0 Å². The molecule has 7 heteroatoms. The first-order valence-corrected chi connectivity index (χ1v) is 2.11. The molecule has 0 aromatic rings. The van der Waals surface area contributed by atoms with Crippen LogP contribution in [-0.4, -0.2) is 24.0 Å². The van der Waals surface area contributed by atoms with E-state index in [1.807, 2.05) is 0 Å². The van der Waals surface area contributed by atoms with E-state index in [-0.39, 0.29) is 0 Å². The maximum Gasteiger partial charge on any atom is 0.538 e. The van der Waals surface area contributed by atoms with Crippen molar-refractivity contribution in [1.82, 2.24) is 5.48 Å². The highest BCUT2D eigenvalue weighted by atomic mass is 19.4. The van der Waals surface area contributed by atoms with E-state index in [0.717, 1.165) is 0 Å². The molecule has 0 spiro atoms. The van der Waals surface area contributed by atoms with Crippen LogP contribution in [0.5, 0.6) is 0 Å². The van der Waals surface area contributed by atoms with E-state index in [1.54, 1.807) is 0 Å². The maximum absolute atomic E-state index is 11.0. The van der Waals surface area contributed by atoms with Crippen LogP contribution < -0.4 is 5.48 Å². The Balaban J connectivity index is 3.29. The SMILES string of the molecule is O=C(O)CNOC(F)(F)F. The molecule has 0 unspecified atom stereocenters. The monoisotopic (exact) mass is 159 g/mol. The van der Waals surface area contributed by atoms with Gasteiger partial charge in [-0.3, -0.25) is 4.79 Å². The van der Waals surface area contributed by atoms with Crippen molar-refractivity contribution in [2.24, 2.45) is 0 Å². The van der Waals surface area contributed by atoms with Crippen molar-refractivity contribution in [3.05, 3.63) is 0 Å². The molecule has 0 aromatic heterocycles. The van der Waals surface area contributed by atoms with E-state index in [0.29, 0.717) is 0 Å². The van der Waals surface area contributed by atoms with E-state index >= 15 is 0 Å². The Morgan fingerprint density at radius 3 is 2.40 bits per heavy atom. The number of rotatable bonds is 3. The van der Waals surface area contributed by atoms with Crippen LogP contribution in [0.15, 0.2) is 0 Å². The molecule has 0 rings (SSSR count). The van der Waals surface area contributed by atoms with Gasteiger partial charge in [0.05, 0.1) is 0 Å². The molecular weight excluding hydrogens is 155 g/mol. The fourth-order valence-electron chi connectivity index (χ4n) is 0.180. The molecule has 0 atom stereocenters. The molecule has 0 fully saturated rings. The van der Waals surface area contributed by atoms with Gasteiger partial charge in [0.2, 0.25) is 0 Å². The number of hydroxylamine groups is 1. The van der Waals surface area contributed by atoms with Crippen molar-refractivity contribution in [1.29, 1.82) is 0 Å². The zero-order valence-corrected chi connectivity index (χ0v) is 4.60. The molecule has 0 aliphatic heterocycles. The molecule has 10 heavy (non-hydrogen) atoms. The average molecular weight is 159 g/mol. The molecule has 0 aliphatic rings. The van der Waals surface area contributed by atoms with Crippen molar-refractivity contribution in [2.45, 2.75) is 6.36 Å². The zero-order chi connectivity index (χ0) is 8.20. The number of aliphatic carboxylic acids is 1. The minimum atomic E-state index is -4.84. The van der Waals surface area contributed by atoms with Crippen LogP contribution in [0, 0.1) is 0 Å². The second kappa shape index (κ2) is 3.37. The zero-order valence-electron chi connectivity index (χ0n) is 4.60. The largest absolute Gasteiger partial charge is 0.538 e. The summed E-state index contributed by atoms with van der Waals surface area (Å²) in [5, 5.41) is 7.80. The molecular formula is C3H4F3NO3. The van der Waals surface area contributed by atoms with Crippen LogP contribution in [0.2, 0.25) is 0 Å². The molecule has 60 valence electrons. The second-order valence-electron chi connectivity index (χ2n) is 1.26. The summed E-state index contributed by atoms with van der Waals surface area (Å²) < 4.78 is 33.1. The Morgan fingerprint density at radius 2 is 2.10 bits per heavy atom. The highest BCUT2D eigenvalue weighted by molar-refractivity contribution is 5.68. The molecule has 0 saturated heterocycles. The number of nitrogens with one attached hydrogen (secondary N) is 1. The minimum Gasteiger partial charge on any atom is -0.480 e. The smallest absolute Gasteiger partial charge is 0.480 e. The summed E-state index contributed by atoms with van der Waals surface area (Å²) in [4.78, 5) is 12.5. The fraction of sp³-hybridized carbons (Fsp3) is 0.667. The Hall–Kier alpha value is -0.820. The van der Waals surface area contributed by atoms with Crippen LogP contribution >= 0.6 is 0 Å². The number of carboxylic acids is 1. The molecule has 4 nitrogen and oxygen atoms in total. The second-order valence-corrected chi connectivity index (χ2v) is 1.26. The minimum absolute atomic E-state index is 0.889. The quantitative estimate of drug-likeness (QED) is 0.574. The van der Waals surface area contributed by atoms with Crippen LogP contribution in [0.3, 0.4) is 0 Å². The van der Waals surface area contributed by atoms with Gasteiger partial charge in [-0.1, -0.05) is 0 Å². The summed E-state index contributed by atoms with van der Waals surface area (Å²) in [6, 6.07) is 0. The number of hydrogen-bond acceptors (Lipinski definition) is 3. The topological polar surface area (TPSA) is 58.6 Å². The van der Waals surface area contributed by atoms with E-state index in [4.69, 9.17) is 5.11 Å². The normalized spacial score (nSPS) is 11.5. The van der Waals surface area contributed by atoms with Crippen molar-refractivity contribution in [3.63, 3.8) is 0 Å². The lowest BCUT2D eigenvalue weighted by Crippen LogP contribution is -2.29. The van der Waals surface area contributed by atoms with E-state index < -0.39 is 18.9 Å². The third-order valence-corrected chi connectivity index (χ3v) is 0.411. The van der Waals surface area contributed by atoms with Crippen molar-refractivity contribution < 1.29 is 27.9 Å². The number of halogens is 3. The highest BCUT2D eigenvalue weighted by Crippen LogP contribution is 2.13. The van der Waals surface area contributed by atoms with Gasteiger partial charge in [-0.2, -0.15) is 5.48 Å². The summed E-state index contributed by atoms with van der Waals surface area (Å²) in [6.45, 7) is -0.889. The van der Waals surface area contributed by atoms with E-state index in [1.165, 1.54) is 5.48 Å². The van der Waals surface area contributed by atoms with Crippen LogP contribution in [0.1, 0.15) is 0 Å². The lowest BCUT2D eigenvalue weighted by Gasteiger charge is -2.04. The van der Waals surface area contributed by atoms with Gasteiger partial charge in [0, 0.05) is 0 Å². The lowest BCUT2D eigenvalue weighted by molar-refractivity contribution is -0.349. The van der Waals surface area contributed by atoms with Crippen LogP contribution in [0.4, 0.5) is 13.2 Å². The molecule has 0 amide bonds. The summed E-state index contributed by atoms with van der Waals surface area (Å²) in [5.41, 5.74) is 1.20. The number of alkyl halides is 3. The first-order valence-electron chi connectivity index (χ1n) is 2.11. The first kappa shape index (κ1) is 9.18. The highest BCUT2D eigenvalue weighted by Gasteiger charge is 2.29. The predicted molar refractivity (Wildman–Crippen MR) is 22.8 cm³/mol. The third-order valence-electron chi connectivity index (χ3n) is 0.411.